The van der Waals surface area contributed by atoms with Gasteiger partial charge in [-0.05, 0) is 37.6 Å². The minimum absolute atomic E-state index is 0.0747. The third-order valence-electron chi connectivity index (χ3n) is 4.09. The first kappa shape index (κ1) is 20.6. The monoisotopic (exact) mass is 389 g/mol. The molecule has 0 radical (unpaired) electrons. The van der Waals surface area contributed by atoms with Gasteiger partial charge in [0.2, 0.25) is 0 Å². The maximum atomic E-state index is 12.6. The topological polar surface area (TPSA) is 70.7 Å². The fourth-order valence-corrected chi connectivity index (χ4v) is 2.76. The number of benzene rings is 2. The average molecular weight is 390 g/mol. The minimum atomic E-state index is -0.275. The number of anilines is 1. The fraction of sp³-hybridized carbons (Fsp3) is 0.300. The lowest BCUT2D eigenvalue weighted by Crippen LogP contribution is -2.33. The van der Waals surface area contributed by atoms with E-state index in [1.807, 2.05) is 32.0 Å². The van der Waals surface area contributed by atoms with E-state index in [-0.39, 0.29) is 24.6 Å². The predicted molar refractivity (Wildman–Crippen MR) is 107 cm³/mol. The number of likely N-dealkylation sites (N-methyl/N-ethyl adjacent to an activating group) is 1. The molecule has 2 aromatic rings. The van der Waals surface area contributed by atoms with Gasteiger partial charge in [-0.25, -0.2) is 4.79 Å². The summed E-state index contributed by atoms with van der Waals surface area (Å²) in [5.41, 5.74) is 1.45. The smallest absolute Gasteiger partial charge is 0.322 e. The quantitative estimate of drug-likeness (QED) is 0.749. The second-order valence-corrected chi connectivity index (χ2v) is 6.42. The summed E-state index contributed by atoms with van der Waals surface area (Å²) in [6, 6.07) is 13.9. The normalized spacial score (nSPS) is 11.4. The van der Waals surface area contributed by atoms with Gasteiger partial charge < -0.3 is 20.3 Å². The fourth-order valence-electron chi connectivity index (χ4n) is 2.47. The van der Waals surface area contributed by atoms with Gasteiger partial charge in [0, 0.05) is 30.4 Å². The zero-order chi connectivity index (χ0) is 19.8. The van der Waals surface area contributed by atoms with Crippen molar-refractivity contribution < 1.29 is 14.3 Å². The van der Waals surface area contributed by atoms with Crippen LogP contribution in [0.4, 0.5) is 10.5 Å². The zero-order valence-corrected chi connectivity index (χ0v) is 16.4. The highest BCUT2D eigenvalue weighted by Crippen LogP contribution is 2.27. The van der Waals surface area contributed by atoms with Crippen molar-refractivity contribution in [2.45, 2.75) is 19.9 Å². The van der Waals surface area contributed by atoms with Crippen LogP contribution in [0.5, 0.6) is 5.75 Å². The summed E-state index contributed by atoms with van der Waals surface area (Å²) in [6.45, 7) is 4.23. The highest BCUT2D eigenvalue weighted by molar-refractivity contribution is 6.31. The number of rotatable bonds is 7. The summed E-state index contributed by atoms with van der Waals surface area (Å²) >= 11 is 6.22. The molecule has 0 aliphatic heterocycles. The van der Waals surface area contributed by atoms with Crippen LogP contribution in [0, 0.1) is 0 Å². The van der Waals surface area contributed by atoms with Gasteiger partial charge in [0.05, 0.1) is 6.04 Å². The van der Waals surface area contributed by atoms with Gasteiger partial charge in [0.1, 0.15) is 5.75 Å². The Labute approximate surface area is 164 Å². The molecule has 7 heteroatoms. The van der Waals surface area contributed by atoms with Crippen molar-refractivity contribution in [2.24, 2.45) is 0 Å². The van der Waals surface area contributed by atoms with Gasteiger partial charge in [0.25, 0.3) is 5.91 Å². The van der Waals surface area contributed by atoms with Crippen LogP contribution < -0.4 is 15.4 Å². The average Bonchev–Trinajstić information content (AvgIpc) is 2.66. The molecule has 3 amide bonds. The van der Waals surface area contributed by atoms with Gasteiger partial charge in [-0.15, -0.1) is 0 Å². The Bertz CT molecular complexity index is 798. The summed E-state index contributed by atoms with van der Waals surface area (Å²) in [7, 11) is 1.71. The summed E-state index contributed by atoms with van der Waals surface area (Å²) in [5.74, 6) is 0.307. The first-order valence-electron chi connectivity index (χ1n) is 8.70. The van der Waals surface area contributed by atoms with Crippen LogP contribution >= 0.6 is 11.6 Å². The largest absolute Gasteiger partial charge is 0.484 e. The lowest BCUT2D eigenvalue weighted by molar-refractivity contribution is -0.122. The Hall–Kier alpha value is -2.73. The van der Waals surface area contributed by atoms with Crippen molar-refractivity contribution >= 4 is 29.2 Å². The van der Waals surface area contributed by atoms with E-state index in [2.05, 4.69) is 10.6 Å². The minimum Gasteiger partial charge on any atom is -0.484 e. The van der Waals surface area contributed by atoms with E-state index in [1.165, 1.54) is 0 Å². The van der Waals surface area contributed by atoms with Crippen LogP contribution in [0.3, 0.4) is 0 Å². The van der Waals surface area contributed by atoms with Crippen LogP contribution in [-0.4, -0.2) is 37.0 Å². The Morgan fingerprint density at radius 3 is 2.63 bits per heavy atom. The molecule has 0 saturated heterocycles. The Morgan fingerprint density at radius 2 is 1.93 bits per heavy atom. The van der Waals surface area contributed by atoms with Crippen LogP contribution in [0.25, 0.3) is 0 Å². The number of halogens is 1. The molecule has 0 heterocycles. The van der Waals surface area contributed by atoms with E-state index < -0.39 is 0 Å². The molecule has 2 aromatic carbocycles. The van der Waals surface area contributed by atoms with Crippen molar-refractivity contribution in [3.8, 4) is 5.75 Å². The molecule has 0 aliphatic carbocycles. The summed E-state index contributed by atoms with van der Waals surface area (Å²) in [5, 5.41) is 6.10. The second kappa shape index (κ2) is 9.83. The molecule has 0 saturated carbocycles. The van der Waals surface area contributed by atoms with E-state index in [1.54, 1.807) is 42.3 Å². The first-order valence-corrected chi connectivity index (χ1v) is 9.08. The molecule has 0 fully saturated rings. The number of ether oxygens (including phenoxy) is 1. The molecule has 2 N–H and O–H groups in total. The third kappa shape index (κ3) is 5.89. The summed E-state index contributed by atoms with van der Waals surface area (Å²) < 4.78 is 5.44. The molecule has 0 spiro atoms. The number of carbonyl (C=O) groups excluding carboxylic acids is 2. The molecule has 0 bridgehead atoms. The third-order valence-corrected chi connectivity index (χ3v) is 4.43. The second-order valence-electron chi connectivity index (χ2n) is 6.01. The Balaban J connectivity index is 1.99. The standard InChI is InChI=1S/C20H24ClN3O3/c1-4-22-19(25)13-27-16-9-7-8-15(12-16)23-20(26)24(3)14(2)17-10-5-6-11-18(17)21/h5-12,14H,4,13H2,1-3H3,(H,22,25)(H,23,26). The number of hydrogen-bond acceptors (Lipinski definition) is 3. The maximum absolute atomic E-state index is 12.6. The molecule has 27 heavy (non-hydrogen) atoms. The van der Waals surface area contributed by atoms with E-state index in [4.69, 9.17) is 16.3 Å². The first-order chi connectivity index (χ1) is 12.9. The van der Waals surface area contributed by atoms with Crippen molar-refractivity contribution in [1.82, 2.24) is 10.2 Å². The molecular weight excluding hydrogens is 366 g/mol. The number of urea groups is 1. The van der Waals surface area contributed by atoms with Gasteiger partial charge in [-0.3, -0.25) is 4.79 Å². The number of nitrogens with one attached hydrogen (secondary N) is 2. The van der Waals surface area contributed by atoms with Crippen LogP contribution in [0.2, 0.25) is 5.02 Å². The number of carbonyl (C=O) groups is 2. The molecule has 1 unspecified atom stereocenters. The molecule has 1 atom stereocenters. The van der Waals surface area contributed by atoms with Crippen molar-refractivity contribution in [1.29, 1.82) is 0 Å². The van der Waals surface area contributed by atoms with Gasteiger partial charge in [-0.1, -0.05) is 35.9 Å². The van der Waals surface area contributed by atoms with Crippen molar-refractivity contribution in [3.05, 3.63) is 59.1 Å². The van der Waals surface area contributed by atoms with E-state index >= 15 is 0 Å². The Morgan fingerprint density at radius 1 is 1.19 bits per heavy atom. The number of amides is 3. The highest BCUT2D eigenvalue weighted by atomic mass is 35.5. The van der Waals surface area contributed by atoms with Crippen molar-refractivity contribution in [2.75, 3.05) is 25.5 Å². The Kier molecular flexibility index (Phi) is 7.49. The highest BCUT2D eigenvalue weighted by Gasteiger charge is 2.19. The summed E-state index contributed by atoms with van der Waals surface area (Å²) in [6.07, 6.45) is 0. The molecule has 0 aliphatic rings. The van der Waals surface area contributed by atoms with Crippen LogP contribution in [-0.2, 0) is 4.79 Å². The SMILES string of the molecule is CCNC(=O)COc1cccc(NC(=O)N(C)C(C)c2ccccc2Cl)c1. The van der Waals surface area contributed by atoms with Crippen molar-refractivity contribution in [3.63, 3.8) is 0 Å². The molecule has 6 nitrogen and oxygen atoms in total. The van der Waals surface area contributed by atoms with E-state index in [0.717, 1.165) is 5.56 Å². The molecule has 2 rings (SSSR count). The van der Waals surface area contributed by atoms with Gasteiger partial charge in [0.15, 0.2) is 6.61 Å². The van der Waals surface area contributed by atoms with Crippen LogP contribution in [0.1, 0.15) is 25.5 Å². The lowest BCUT2D eigenvalue weighted by Gasteiger charge is -2.26. The lowest BCUT2D eigenvalue weighted by atomic mass is 10.1. The van der Waals surface area contributed by atoms with E-state index in [9.17, 15) is 9.59 Å². The number of hydrogen-bond donors (Lipinski definition) is 2. The zero-order valence-electron chi connectivity index (χ0n) is 15.7. The molecule has 144 valence electrons. The van der Waals surface area contributed by atoms with E-state index in [0.29, 0.717) is 23.0 Å². The summed E-state index contributed by atoms with van der Waals surface area (Å²) in [4.78, 5) is 25.6. The number of nitrogens with zero attached hydrogens (tertiary/aromatic N) is 1. The van der Waals surface area contributed by atoms with Gasteiger partial charge in [-0.2, -0.15) is 0 Å². The van der Waals surface area contributed by atoms with Gasteiger partial charge >= 0.3 is 6.03 Å². The molecule has 0 aromatic heterocycles. The molecular formula is C20H24ClN3O3. The maximum Gasteiger partial charge on any atom is 0.322 e. The predicted octanol–water partition coefficient (Wildman–Crippen LogP) is 4.08. The van der Waals surface area contributed by atoms with Crippen LogP contribution in [0.15, 0.2) is 48.5 Å².